The Balaban J connectivity index is 1.33. The molecule has 1 unspecified atom stereocenters. The van der Waals surface area contributed by atoms with Crippen molar-refractivity contribution in [3.63, 3.8) is 0 Å². The Kier molecular flexibility index (Phi) is 9.51. The van der Waals surface area contributed by atoms with E-state index in [1.807, 2.05) is 6.92 Å². The molecule has 5 rings (SSSR count). The van der Waals surface area contributed by atoms with Gasteiger partial charge >= 0.3 is 12.4 Å². The van der Waals surface area contributed by atoms with E-state index in [1.54, 1.807) is 49.6 Å². The Morgan fingerprint density at radius 2 is 1.74 bits per heavy atom. The largest absolute Gasteiger partial charge is 0.573 e. The lowest BCUT2D eigenvalue weighted by Crippen LogP contribution is -2.41. The molecule has 4 aromatic rings. The van der Waals surface area contributed by atoms with Crippen LogP contribution >= 0.6 is 11.8 Å². The summed E-state index contributed by atoms with van der Waals surface area (Å²) in [7, 11) is 3.07. The van der Waals surface area contributed by atoms with E-state index in [1.165, 1.54) is 59.0 Å². The number of rotatable bonds is 8. The number of amides is 4. The number of aromatic nitrogens is 3. The fourth-order valence-corrected chi connectivity index (χ4v) is 5.50. The zero-order valence-corrected chi connectivity index (χ0v) is 26.3. The number of nitrogens with one attached hydrogen (secondary N) is 1. The monoisotopic (exact) mass is 667 g/mol. The molecule has 4 amide bonds. The minimum absolute atomic E-state index is 0.109. The third-order valence-electron chi connectivity index (χ3n) is 7.06. The summed E-state index contributed by atoms with van der Waals surface area (Å²) in [4.78, 5) is 49.5. The molecule has 1 saturated heterocycles. The van der Waals surface area contributed by atoms with Gasteiger partial charge in [0, 0.05) is 19.5 Å². The van der Waals surface area contributed by atoms with E-state index >= 15 is 0 Å². The first kappa shape index (κ1) is 33.0. The SMILES string of the molecule is COc1ccc(N2C(=O)CS/C2=N\C(=O)NC(c2ccc(-c3ncn(-c4ccc(OC(F)(F)F)cc4)n3)cc2)N(C)C(C)=O)c(C)c1. The molecule has 12 nitrogen and oxygen atoms in total. The van der Waals surface area contributed by atoms with Crippen molar-refractivity contribution in [3.8, 4) is 28.6 Å². The Bertz CT molecular complexity index is 1830. The average Bonchev–Trinajstić information content (AvgIpc) is 3.66. The maximum absolute atomic E-state index is 13.2. The second-order valence-corrected chi connectivity index (χ2v) is 11.2. The minimum atomic E-state index is -4.80. The number of hydrogen-bond acceptors (Lipinski definition) is 8. The van der Waals surface area contributed by atoms with Crippen molar-refractivity contribution in [1.82, 2.24) is 25.0 Å². The highest BCUT2D eigenvalue weighted by Crippen LogP contribution is 2.32. The van der Waals surface area contributed by atoms with Crippen LogP contribution in [-0.4, -0.2) is 69.0 Å². The van der Waals surface area contributed by atoms with Crippen LogP contribution in [0.25, 0.3) is 17.1 Å². The maximum Gasteiger partial charge on any atom is 0.573 e. The molecule has 16 heteroatoms. The van der Waals surface area contributed by atoms with Crippen LogP contribution in [0.1, 0.15) is 24.2 Å². The number of amidine groups is 1. The predicted molar refractivity (Wildman–Crippen MR) is 168 cm³/mol. The number of hydrogen-bond donors (Lipinski definition) is 1. The number of aliphatic imine (C=N–C) groups is 1. The fraction of sp³-hybridized carbons (Fsp3) is 0.226. The van der Waals surface area contributed by atoms with Gasteiger partial charge in [0.25, 0.3) is 0 Å². The van der Waals surface area contributed by atoms with Gasteiger partial charge in [-0.25, -0.2) is 14.5 Å². The number of methoxy groups -OCH3 is 1. The van der Waals surface area contributed by atoms with Gasteiger partial charge in [0.1, 0.15) is 24.0 Å². The standard InChI is InChI=1S/C31H28F3N7O5S/c1-18-15-24(45-4)13-14-25(18)41-26(43)16-47-30(41)37-29(44)36-28(39(3)19(2)42)21-7-5-20(6-8-21)27-35-17-40(38-27)22-9-11-23(12-10-22)46-31(32,33)34/h5-15,17,28H,16H2,1-4H3,(H,36,44)/b37-30-. The molecule has 1 atom stereocenters. The van der Waals surface area contributed by atoms with E-state index in [2.05, 4.69) is 25.1 Å². The molecule has 1 fully saturated rings. The number of urea groups is 1. The van der Waals surface area contributed by atoms with Crippen LogP contribution < -0.4 is 19.7 Å². The molecule has 1 aromatic heterocycles. The molecule has 0 radical (unpaired) electrons. The molecule has 1 N–H and O–H groups in total. The fourth-order valence-electron chi connectivity index (χ4n) is 4.64. The van der Waals surface area contributed by atoms with Crippen LogP contribution in [0.4, 0.5) is 23.7 Å². The van der Waals surface area contributed by atoms with Crippen LogP contribution in [0.5, 0.6) is 11.5 Å². The van der Waals surface area contributed by atoms with E-state index < -0.39 is 18.6 Å². The van der Waals surface area contributed by atoms with Crippen LogP contribution in [-0.2, 0) is 9.59 Å². The number of ether oxygens (including phenoxy) is 2. The van der Waals surface area contributed by atoms with Gasteiger partial charge in [-0.1, -0.05) is 36.0 Å². The quantitative estimate of drug-likeness (QED) is 0.245. The van der Waals surface area contributed by atoms with Crippen molar-refractivity contribution in [3.05, 3.63) is 84.2 Å². The lowest BCUT2D eigenvalue weighted by molar-refractivity contribution is -0.274. The Morgan fingerprint density at radius 1 is 1.06 bits per heavy atom. The first-order valence-electron chi connectivity index (χ1n) is 13.9. The summed E-state index contributed by atoms with van der Waals surface area (Å²) in [5, 5.41) is 7.36. The molecule has 0 bridgehead atoms. The minimum Gasteiger partial charge on any atom is -0.497 e. The maximum atomic E-state index is 13.2. The first-order valence-corrected chi connectivity index (χ1v) is 14.9. The summed E-state index contributed by atoms with van der Waals surface area (Å²) in [5.41, 5.74) is 2.95. The second kappa shape index (κ2) is 13.5. The number of anilines is 1. The van der Waals surface area contributed by atoms with Gasteiger partial charge in [-0.2, -0.15) is 4.99 Å². The summed E-state index contributed by atoms with van der Waals surface area (Å²) in [6.45, 7) is 3.18. The summed E-state index contributed by atoms with van der Waals surface area (Å²) in [6, 6.07) is 16.4. The van der Waals surface area contributed by atoms with E-state index in [0.29, 0.717) is 34.1 Å². The van der Waals surface area contributed by atoms with E-state index in [4.69, 9.17) is 4.74 Å². The molecular weight excluding hydrogens is 639 g/mol. The molecule has 1 aliphatic heterocycles. The number of carbonyl (C=O) groups is 3. The summed E-state index contributed by atoms with van der Waals surface area (Å²) >= 11 is 1.13. The van der Waals surface area contributed by atoms with E-state index in [-0.39, 0.29) is 28.5 Å². The zero-order chi connectivity index (χ0) is 33.9. The highest BCUT2D eigenvalue weighted by atomic mass is 32.2. The van der Waals surface area contributed by atoms with Crippen molar-refractivity contribution in [2.75, 3.05) is 24.8 Å². The second-order valence-electron chi connectivity index (χ2n) is 10.2. The van der Waals surface area contributed by atoms with Gasteiger partial charge in [-0.05, 0) is 60.5 Å². The lowest BCUT2D eigenvalue weighted by Gasteiger charge is -2.28. The number of halogens is 3. The highest BCUT2D eigenvalue weighted by Gasteiger charge is 2.33. The number of carbonyl (C=O) groups excluding carboxylic acids is 3. The number of benzene rings is 3. The number of thioether (sulfide) groups is 1. The molecule has 244 valence electrons. The summed E-state index contributed by atoms with van der Waals surface area (Å²) < 4.78 is 48.0. The number of aryl methyl sites for hydroxylation is 1. The van der Waals surface area contributed by atoms with E-state index in [0.717, 1.165) is 17.3 Å². The van der Waals surface area contributed by atoms with E-state index in [9.17, 15) is 27.6 Å². The topological polar surface area (TPSA) is 131 Å². The van der Waals surface area contributed by atoms with Gasteiger partial charge in [0.05, 0.1) is 24.2 Å². The summed E-state index contributed by atoms with van der Waals surface area (Å²) in [6.07, 6.45) is -4.28. The molecule has 47 heavy (non-hydrogen) atoms. The summed E-state index contributed by atoms with van der Waals surface area (Å²) in [5.74, 6) is 0.153. The number of nitrogens with zero attached hydrogens (tertiary/aromatic N) is 6. The third kappa shape index (κ3) is 7.71. The van der Waals surface area contributed by atoms with Crippen molar-refractivity contribution >= 4 is 40.5 Å². The zero-order valence-electron chi connectivity index (χ0n) is 25.5. The average molecular weight is 668 g/mol. The van der Waals surface area contributed by atoms with Crippen molar-refractivity contribution in [2.45, 2.75) is 26.4 Å². The van der Waals surface area contributed by atoms with Gasteiger partial charge in [-0.15, -0.1) is 18.3 Å². The van der Waals surface area contributed by atoms with Gasteiger partial charge < -0.3 is 19.7 Å². The predicted octanol–water partition coefficient (Wildman–Crippen LogP) is 5.47. The third-order valence-corrected chi connectivity index (χ3v) is 7.99. The Morgan fingerprint density at radius 3 is 2.36 bits per heavy atom. The molecular formula is C31H28F3N7O5S. The normalized spacial score (nSPS) is 14.7. The Hall–Kier alpha value is -5.38. The Labute approximate surface area is 271 Å². The molecule has 0 spiro atoms. The van der Waals surface area contributed by atoms with Gasteiger partial charge in [0.2, 0.25) is 11.8 Å². The van der Waals surface area contributed by atoms with Crippen LogP contribution in [0.2, 0.25) is 0 Å². The molecule has 1 aliphatic rings. The van der Waals surface area contributed by atoms with Gasteiger partial charge in [-0.3, -0.25) is 14.5 Å². The van der Waals surface area contributed by atoms with Crippen LogP contribution in [0.15, 0.2) is 78.0 Å². The molecule has 0 aliphatic carbocycles. The van der Waals surface area contributed by atoms with Crippen molar-refractivity contribution in [2.24, 2.45) is 4.99 Å². The lowest BCUT2D eigenvalue weighted by atomic mass is 10.1. The van der Waals surface area contributed by atoms with Crippen molar-refractivity contribution in [1.29, 1.82) is 0 Å². The van der Waals surface area contributed by atoms with Crippen LogP contribution in [0, 0.1) is 6.92 Å². The smallest absolute Gasteiger partial charge is 0.497 e. The number of alkyl halides is 3. The van der Waals surface area contributed by atoms with Crippen molar-refractivity contribution < 1.29 is 37.0 Å². The van der Waals surface area contributed by atoms with Crippen LogP contribution in [0.3, 0.4) is 0 Å². The van der Waals surface area contributed by atoms with Gasteiger partial charge in [0.15, 0.2) is 11.0 Å². The molecule has 3 aromatic carbocycles. The molecule has 0 saturated carbocycles. The molecule has 2 heterocycles. The highest BCUT2D eigenvalue weighted by molar-refractivity contribution is 8.15. The first-order chi connectivity index (χ1) is 22.3.